The first-order chi connectivity index (χ1) is 13.9. The van der Waals surface area contributed by atoms with Crippen molar-refractivity contribution in [1.29, 1.82) is 0 Å². The third kappa shape index (κ3) is 23.1. The molecule has 0 amide bonds. The van der Waals surface area contributed by atoms with Gasteiger partial charge in [0, 0.05) is 12.5 Å². The molecule has 0 saturated heterocycles. The van der Waals surface area contributed by atoms with Crippen LogP contribution in [0, 0.1) is 0 Å². The summed E-state index contributed by atoms with van der Waals surface area (Å²) in [6.07, 6.45) is 5.79. The Morgan fingerprint density at radius 1 is 0.767 bits per heavy atom. The van der Waals surface area contributed by atoms with E-state index < -0.39 is 50.0 Å². The molecule has 3 N–H and O–H groups in total. The minimum atomic E-state index is -3.95. The van der Waals surface area contributed by atoms with Crippen LogP contribution in [0.5, 0.6) is 0 Å². The molecule has 0 aliphatic rings. The Morgan fingerprint density at radius 3 is 1.53 bits per heavy atom. The normalized spacial score (nSPS) is 15.0. The van der Waals surface area contributed by atoms with E-state index in [9.17, 15) is 27.6 Å². The monoisotopic (exact) mass is 512 g/mol. The van der Waals surface area contributed by atoms with E-state index in [1.54, 1.807) is 20.0 Å². The molecule has 0 saturated carbocycles. The predicted molar refractivity (Wildman–Crippen MR) is 123 cm³/mol. The molecule has 0 unspecified atom stereocenters. The molecule has 0 aromatic rings. The molecule has 0 atom stereocenters. The summed E-state index contributed by atoms with van der Waals surface area (Å²) in [6, 6.07) is 0.570. The van der Waals surface area contributed by atoms with Gasteiger partial charge in [0.15, 0.2) is 0 Å². The Hall–Kier alpha value is 0.418. The summed E-state index contributed by atoms with van der Waals surface area (Å²) in [7, 11) is -9.30. The lowest BCUT2D eigenvalue weighted by molar-refractivity contribution is -0.135. The highest BCUT2D eigenvalue weighted by Gasteiger charge is 2.44. The standard InChI is InChI=1S/C12H34O6Si4.C5H9F3/c1-4-5-6-7-8-9-10-11-12-22(16-19-13,17-20-14)18-21(2,3)15;1-2-3-4-5(6,7)8/h13-15H,4-12,19-20H2,1-3H3;2-4H2,1H3. The van der Waals surface area contributed by atoms with Gasteiger partial charge in [-0.05, 0) is 25.9 Å². The topological polar surface area (TPSA) is 88.4 Å². The molecule has 13 heteroatoms. The summed E-state index contributed by atoms with van der Waals surface area (Å²) in [6.45, 7) is 7.25. The predicted octanol–water partition coefficient (Wildman–Crippen LogP) is 3.53. The third-order valence-electron chi connectivity index (χ3n) is 4.12. The maximum atomic E-state index is 11.2. The molecule has 0 spiro atoms. The van der Waals surface area contributed by atoms with E-state index in [2.05, 4.69) is 6.92 Å². The van der Waals surface area contributed by atoms with Crippen LogP contribution in [0.25, 0.3) is 0 Å². The number of unbranched alkanes of at least 4 members (excludes halogenated alkanes) is 8. The van der Waals surface area contributed by atoms with Crippen molar-refractivity contribution in [1.82, 2.24) is 0 Å². The lowest BCUT2D eigenvalue weighted by Crippen LogP contribution is -2.54. The Morgan fingerprint density at radius 2 is 1.20 bits per heavy atom. The van der Waals surface area contributed by atoms with Crippen LogP contribution < -0.4 is 0 Å². The molecule has 0 aliphatic carbocycles. The summed E-state index contributed by atoms with van der Waals surface area (Å²) in [5.41, 5.74) is 0. The SMILES string of the molecule is CCCCC(F)(F)F.CCCCCCCCCC[Si](O[SiH2]O)(O[SiH2]O)O[Si](C)(C)O. The van der Waals surface area contributed by atoms with E-state index in [1.165, 1.54) is 38.5 Å². The molecule has 0 fully saturated rings. The second kappa shape index (κ2) is 18.9. The van der Waals surface area contributed by atoms with E-state index in [-0.39, 0.29) is 6.42 Å². The van der Waals surface area contributed by atoms with Gasteiger partial charge in [0.2, 0.25) is 0 Å². The van der Waals surface area contributed by atoms with Crippen LogP contribution in [0.1, 0.15) is 84.5 Å². The highest BCUT2D eigenvalue weighted by Crippen LogP contribution is 2.23. The molecule has 30 heavy (non-hydrogen) atoms. The summed E-state index contributed by atoms with van der Waals surface area (Å²) < 4.78 is 50.3. The van der Waals surface area contributed by atoms with Gasteiger partial charge < -0.3 is 26.7 Å². The van der Waals surface area contributed by atoms with Crippen molar-refractivity contribution in [2.75, 3.05) is 0 Å². The first-order valence-electron chi connectivity index (χ1n) is 10.9. The summed E-state index contributed by atoms with van der Waals surface area (Å²) in [4.78, 5) is 28.4. The first-order valence-corrected chi connectivity index (χ1v) is 18.1. The van der Waals surface area contributed by atoms with Crippen LogP contribution in [0.3, 0.4) is 0 Å². The number of hydrogen-bond donors (Lipinski definition) is 3. The van der Waals surface area contributed by atoms with Crippen molar-refractivity contribution < 1.29 is 39.9 Å². The zero-order valence-corrected chi connectivity index (χ0v) is 23.9. The van der Waals surface area contributed by atoms with E-state index in [0.717, 1.165) is 12.8 Å². The number of hydrogen-bond acceptors (Lipinski definition) is 6. The van der Waals surface area contributed by atoms with Gasteiger partial charge in [-0.2, -0.15) is 13.2 Å². The average Bonchev–Trinajstić information content (AvgIpc) is 2.61. The second-order valence-corrected chi connectivity index (χ2v) is 16.1. The molecule has 0 aromatic carbocycles. The smallest absolute Gasteiger partial charge is 0.416 e. The van der Waals surface area contributed by atoms with Gasteiger partial charge in [-0.3, -0.25) is 0 Å². The fraction of sp³-hybridized carbons (Fsp3) is 1.00. The minimum absolute atomic E-state index is 0.253. The molecule has 0 radical (unpaired) electrons. The van der Waals surface area contributed by atoms with Crippen molar-refractivity contribution in [2.45, 2.75) is 110 Å². The van der Waals surface area contributed by atoms with Gasteiger partial charge in [-0.15, -0.1) is 0 Å². The summed E-state index contributed by atoms with van der Waals surface area (Å²) >= 11 is 0. The van der Waals surface area contributed by atoms with Crippen LogP contribution in [0.2, 0.25) is 19.1 Å². The van der Waals surface area contributed by atoms with Crippen molar-refractivity contribution in [2.24, 2.45) is 0 Å². The van der Waals surface area contributed by atoms with Crippen LogP contribution in [-0.4, -0.2) is 57.9 Å². The molecule has 0 aliphatic heterocycles. The highest BCUT2D eigenvalue weighted by atomic mass is 28.5. The van der Waals surface area contributed by atoms with Gasteiger partial charge >= 0.3 is 23.5 Å². The van der Waals surface area contributed by atoms with E-state index >= 15 is 0 Å². The summed E-state index contributed by atoms with van der Waals surface area (Å²) in [5.74, 6) is 0. The van der Waals surface area contributed by atoms with Crippen LogP contribution in [0.4, 0.5) is 13.2 Å². The summed E-state index contributed by atoms with van der Waals surface area (Å²) in [5, 5.41) is 0. The Kier molecular flexibility index (Phi) is 20.6. The van der Waals surface area contributed by atoms with Gasteiger partial charge in [0.25, 0.3) is 20.0 Å². The number of rotatable bonds is 17. The van der Waals surface area contributed by atoms with Crippen molar-refractivity contribution in [3.63, 3.8) is 0 Å². The third-order valence-corrected chi connectivity index (χ3v) is 12.9. The van der Waals surface area contributed by atoms with Gasteiger partial charge in [0.05, 0.1) is 0 Å². The largest absolute Gasteiger partial charge is 0.473 e. The van der Waals surface area contributed by atoms with Gasteiger partial charge in [-0.25, -0.2) is 0 Å². The van der Waals surface area contributed by atoms with Crippen molar-refractivity contribution in [3.05, 3.63) is 0 Å². The van der Waals surface area contributed by atoms with Gasteiger partial charge in [0.1, 0.15) is 0 Å². The molecule has 0 heterocycles. The molecule has 0 rings (SSSR count). The average molecular weight is 513 g/mol. The second-order valence-electron chi connectivity index (χ2n) is 7.72. The van der Waals surface area contributed by atoms with Crippen LogP contribution in [0.15, 0.2) is 0 Å². The zero-order valence-electron chi connectivity index (χ0n) is 19.1. The number of halogens is 3. The van der Waals surface area contributed by atoms with Crippen LogP contribution in [-0.2, 0) is 12.3 Å². The van der Waals surface area contributed by atoms with E-state index in [1.807, 2.05) is 0 Å². The lowest BCUT2D eigenvalue weighted by atomic mass is 10.1. The Balaban J connectivity index is 0. The fourth-order valence-electron chi connectivity index (χ4n) is 2.73. The zero-order chi connectivity index (χ0) is 23.5. The quantitative estimate of drug-likeness (QED) is 0.204. The maximum absolute atomic E-state index is 11.2. The number of alkyl halides is 3. The molecular formula is C17H43F3O6Si4. The molecule has 184 valence electrons. The van der Waals surface area contributed by atoms with E-state index in [0.29, 0.717) is 12.5 Å². The van der Waals surface area contributed by atoms with E-state index in [4.69, 9.17) is 12.3 Å². The van der Waals surface area contributed by atoms with Crippen molar-refractivity contribution in [3.8, 4) is 0 Å². The lowest BCUT2D eigenvalue weighted by Gasteiger charge is -2.33. The first kappa shape index (κ1) is 32.6. The fourth-order valence-corrected chi connectivity index (χ4v) is 12.2. The van der Waals surface area contributed by atoms with Crippen LogP contribution >= 0.6 is 0 Å². The van der Waals surface area contributed by atoms with Gasteiger partial charge in [-0.1, -0.05) is 65.2 Å². The van der Waals surface area contributed by atoms with Crippen molar-refractivity contribution >= 4 is 37.4 Å². The Labute approximate surface area is 187 Å². The molecule has 6 nitrogen and oxygen atoms in total. The maximum Gasteiger partial charge on any atom is 0.473 e. The molecular weight excluding hydrogens is 470 g/mol. The molecule has 0 aromatic heterocycles. The molecule has 0 bridgehead atoms. The minimum Gasteiger partial charge on any atom is -0.416 e. The highest BCUT2D eigenvalue weighted by molar-refractivity contribution is 6.79. The Bertz CT molecular complexity index is 381.